The zero-order chi connectivity index (χ0) is 12.8. The predicted octanol–water partition coefficient (Wildman–Crippen LogP) is 4.96. The Balaban J connectivity index is 1.76. The Bertz CT molecular complexity index is 496. The molecule has 0 aliphatic heterocycles. The highest BCUT2D eigenvalue weighted by Gasteiger charge is 1.98. The maximum Gasteiger partial charge on any atom is 0.0340 e. The number of halogens is 1. The molecule has 0 bridgehead atoms. The number of rotatable bonds is 5. The van der Waals surface area contributed by atoms with Crippen LogP contribution in [0.5, 0.6) is 0 Å². The molecule has 0 aliphatic carbocycles. The van der Waals surface area contributed by atoms with Crippen molar-refractivity contribution in [3.8, 4) is 0 Å². The van der Waals surface area contributed by atoms with E-state index in [0.717, 1.165) is 12.3 Å². The topological polar surface area (TPSA) is 12.0 Å². The van der Waals surface area contributed by atoms with Gasteiger partial charge in [-0.25, -0.2) is 0 Å². The molecule has 3 heteroatoms. The molecule has 0 spiro atoms. The monoisotopic (exact) mass is 321 g/mol. The van der Waals surface area contributed by atoms with Gasteiger partial charge in [0.1, 0.15) is 0 Å². The SMILES string of the molecule is Cc1ccc(NCCSc2ccccc2Br)cc1. The third-order valence-electron chi connectivity index (χ3n) is 2.58. The first-order valence-electron chi connectivity index (χ1n) is 5.93. The van der Waals surface area contributed by atoms with Gasteiger partial charge in [0.05, 0.1) is 0 Å². The van der Waals surface area contributed by atoms with E-state index in [1.54, 1.807) is 0 Å². The van der Waals surface area contributed by atoms with E-state index in [2.05, 4.69) is 70.6 Å². The molecule has 0 heterocycles. The number of thioether (sulfide) groups is 1. The summed E-state index contributed by atoms with van der Waals surface area (Å²) in [5.74, 6) is 1.05. The smallest absolute Gasteiger partial charge is 0.0340 e. The predicted molar refractivity (Wildman–Crippen MR) is 84.5 cm³/mol. The number of anilines is 1. The van der Waals surface area contributed by atoms with Gasteiger partial charge in [0, 0.05) is 27.4 Å². The van der Waals surface area contributed by atoms with Crippen molar-refractivity contribution in [3.05, 3.63) is 58.6 Å². The van der Waals surface area contributed by atoms with Crippen molar-refractivity contribution in [1.82, 2.24) is 0 Å². The van der Waals surface area contributed by atoms with Gasteiger partial charge < -0.3 is 5.32 Å². The van der Waals surface area contributed by atoms with Gasteiger partial charge >= 0.3 is 0 Å². The molecule has 1 N–H and O–H groups in total. The molecule has 0 aromatic heterocycles. The fourth-order valence-corrected chi connectivity index (χ4v) is 3.02. The lowest BCUT2D eigenvalue weighted by Gasteiger charge is -2.07. The minimum absolute atomic E-state index is 0.967. The molecular weight excluding hydrogens is 306 g/mol. The molecule has 0 saturated carbocycles. The molecule has 94 valence electrons. The van der Waals surface area contributed by atoms with E-state index in [1.807, 2.05) is 17.8 Å². The van der Waals surface area contributed by atoms with Gasteiger partial charge in [0.15, 0.2) is 0 Å². The van der Waals surface area contributed by atoms with Gasteiger partial charge in [-0.3, -0.25) is 0 Å². The number of aryl methyl sites for hydroxylation is 1. The van der Waals surface area contributed by atoms with Crippen molar-refractivity contribution < 1.29 is 0 Å². The average Bonchev–Trinajstić information content (AvgIpc) is 2.39. The molecule has 0 aliphatic rings. The van der Waals surface area contributed by atoms with Crippen LogP contribution in [0, 0.1) is 6.92 Å². The minimum atomic E-state index is 0.967. The molecular formula is C15H16BrNS. The maximum atomic E-state index is 3.56. The van der Waals surface area contributed by atoms with E-state index in [-0.39, 0.29) is 0 Å². The van der Waals surface area contributed by atoms with Crippen LogP contribution in [0.2, 0.25) is 0 Å². The highest BCUT2D eigenvalue weighted by Crippen LogP contribution is 2.26. The van der Waals surface area contributed by atoms with Crippen molar-refractivity contribution in [2.45, 2.75) is 11.8 Å². The van der Waals surface area contributed by atoms with Crippen LogP contribution in [0.4, 0.5) is 5.69 Å². The number of nitrogens with one attached hydrogen (secondary N) is 1. The van der Waals surface area contributed by atoms with Crippen LogP contribution in [0.3, 0.4) is 0 Å². The molecule has 0 radical (unpaired) electrons. The molecule has 0 atom stereocenters. The van der Waals surface area contributed by atoms with Crippen molar-refractivity contribution in [2.24, 2.45) is 0 Å². The van der Waals surface area contributed by atoms with Crippen LogP contribution in [-0.4, -0.2) is 12.3 Å². The molecule has 0 fully saturated rings. The average molecular weight is 322 g/mol. The Morgan fingerprint density at radius 2 is 1.78 bits per heavy atom. The summed E-state index contributed by atoms with van der Waals surface area (Å²) >= 11 is 5.42. The summed E-state index contributed by atoms with van der Waals surface area (Å²) < 4.78 is 1.17. The van der Waals surface area contributed by atoms with E-state index in [9.17, 15) is 0 Å². The van der Waals surface area contributed by atoms with Crippen LogP contribution >= 0.6 is 27.7 Å². The molecule has 2 aromatic rings. The summed E-state index contributed by atoms with van der Waals surface area (Å²) in [6.07, 6.45) is 0. The van der Waals surface area contributed by atoms with Gasteiger partial charge in [0.25, 0.3) is 0 Å². The summed E-state index contributed by atoms with van der Waals surface area (Å²) in [6.45, 7) is 3.07. The molecule has 2 rings (SSSR count). The van der Waals surface area contributed by atoms with E-state index in [0.29, 0.717) is 0 Å². The van der Waals surface area contributed by atoms with E-state index in [4.69, 9.17) is 0 Å². The first-order chi connectivity index (χ1) is 8.75. The molecule has 1 nitrogen and oxygen atoms in total. The molecule has 2 aromatic carbocycles. The molecule has 18 heavy (non-hydrogen) atoms. The second-order valence-electron chi connectivity index (χ2n) is 4.07. The summed E-state index contributed by atoms with van der Waals surface area (Å²) in [5, 5.41) is 3.43. The Hall–Kier alpha value is -0.930. The van der Waals surface area contributed by atoms with Gasteiger partial charge in [-0.15, -0.1) is 11.8 Å². The maximum absolute atomic E-state index is 3.56. The molecule has 0 saturated heterocycles. The molecule has 0 amide bonds. The summed E-state index contributed by atoms with van der Waals surface area (Å²) in [4.78, 5) is 1.29. The van der Waals surface area contributed by atoms with E-state index in [1.165, 1.54) is 20.6 Å². The van der Waals surface area contributed by atoms with E-state index >= 15 is 0 Å². The third kappa shape index (κ3) is 4.07. The standard InChI is InChI=1S/C15H16BrNS/c1-12-6-8-13(9-7-12)17-10-11-18-15-5-3-2-4-14(15)16/h2-9,17H,10-11H2,1H3. The van der Waals surface area contributed by atoms with Gasteiger partial charge in [-0.1, -0.05) is 29.8 Å². The summed E-state index contributed by atoms with van der Waals surface area (Å²) in [6, 6.07) is 16.8. The van der Waals surface area contributed by atoms with Crippen LogP contribution in [0.1, 0.15) is 5.56 Å². The lowest BCUT2D eigenvalue weighted by atomic mass is 10.2. The van der Waals surface area contributed by atoms with Crippen LogP contribution in [-0.2, 0) is 0 Å². The number of hydrogen-bond acceptors (Lipinski definition) is 2. The quantitative estimate of drug-likeness (QED) is 0.617. The van der Waals surface area contributed by atoms with Gasteiger partial charge in [-0.2, -0.15) is 0 Å². The van der Waals surface area contributed by atoms with Crippen molar-refractivity contribution in [3.63, 3.8) is 0 Å². The lowest BCUT2D eigenvalue weighted by Crippen LogP contribution is -2.03. The highest BCUT2D eigenvalue weighted by molar-refractivity contribution is 9.10. The third-order valence-corrected chi connectivity index (χ3v) is 4.61. The van der Waals surface area contributed by atoms with Crippen molar-refractivity contribution >= 4 is 33.4 Å². The zero-order valence-electron chi connectivity index (χ0n) is 10.3. The second-order valence-corrected chi connectivity index (χ2v) is 6.06. The normalized spacial score (nSPS) is 10.3. The van der Waals surface area contributed by atoms with E-state index < -0.39 is 0 Å². The van der Waals surface area contributed by atoms with Crippen molar-refractivity contribution in [1.29, 1.82) is 0 Å². The zero-order valence-corrected chi connectivity index (χ0v) is 12.7. The Labute approximate surface area is 121 Å². The summed E-state index contributed by atoms with van der Waals surface area (Å²) in [7, 11) is 0. The van der Waals surface area contributed by atoms with Crippen LogP contribution in [0.25, 0.3) is 0 Å². The van der Waals surface area contributed by atoms with Crippen molar-refractivity contribution in [2.75, 3.05) is 17.6 Å². The fourth-order valence-electron chi connectivity index (χ4n) is 1.59. The fraction of sp³-hybridized carbons (Fsp3) is 0.200. The number of hydrogen-bond donors (Lipinski definition) is 1. The van der Waals surface area contributed by atoms with Crippen LogP contribution in [0.15, 0.2) is 57.9 Å². The minimum Gasteiger partial charge on any atom is -0.384 e. The Morgan fingerprint density at radius 1 is 1.06 bits per heavy atom. The largest absolute Gasteiger partial charge is 0.384 e. The van der Waals surface area contributed by atoms with Gasteiger partial charge in [-0.05, 0) is 47.1 Å². The first-order valence-corrected chi connectivity index (χ1v) is 7.71. The second kappa shape index (κ2) is 6.86. The Morgan fingerprint density at radius 3 is 2.50 bits per heavy atom. The molecule has 0 unspecified atom stereocenters. The Kier molecular flexibility index (Phi) is 5.14. The first kappa shape index (κ1) is 13.5. The lowest BCUT2D eigenvalue weighted by molar-refractivity contribution is 1.22. The number of benzene rings is 2. The summed E-state index contributed by atoms with van der Waals surface area (Å²) in [5.41, 5.74) is 2.48. The van der Waals surface area contributed by atoms with Crippen LogP contribution < -0.4 is 5.32 Å². The highest BCUT2D eigenvalue weighted by atomic mass is 79.9. The van der Waals surface area contributed by atoms with Gasteiger partial charge in [0.2, 0.25) is 0 Å².